The molecule has 2 aromatic heterocycles. The maximum absolute atomic E-state index is 13.2. The second-order valence-corrected chi connectivity index (χ2v) is 8.80. The number of rotatable bonds is 2. The molecular formula is C19H16Cl2N2O3S. The minimum absolute atomic E-state index is 0. The molecule has 1 aliphatic rings. The zero-order valence-corrected chi connectivity index (χ0v) is 16.5. The molecule has 2 N–H and O–H groups in total. The van der Waals surface area contributed by atoms with E-state index < -0.39 is 9.84 Å². The van der Waals surface area contributed by atoms with Crippen LogP contribution in [0.4, 0.5) is 0 Å². The highest BCUT2D eigenvalue weighted by Gasteiger charge is 2.24. The largest absolute Gasteiger partial charge is 0.459 e. The molecule has 0 fully saturated rings. The number of hydrogen-bond donors (Lipinski definition) is 2. The van der Waals surface area contributed by atoms with Crippen molar-refractivity contribution in [2.24, 2.45) is 0 Å². The van der Waals surface area contributed by atoms with Crippen molar-refractivity contribution < 1.29 is 12.8 Å². The Kier molecular flexibility index (Phi) is 4.47. The Bertz CT molecular complexity index is 1280. The third kappa shape index (κ3) is 2.84. The monoisotopic (exact) mass is 422 g/mol. The van der Waals surface area contributed by atoms with Gasteiger partial charge < -0.3 is 14.7 Å². The highest BCUT2D eigenvalue weighted by molar-refractivity contribution is 7.91. The van der Waals surface area contributed by atoms with Crippen molar-refractivity contribution in [1.82, 2.24) is 10.3 Å². The van der Waals surface area contributed by atoms with Gasteiger partial charge in [0, 0.05) is 47.6 Å². The van der Waals surface area contributed by atoms with Gasteiger partial charge in [-0.15, -0.1) is 12.4 Å². The second kappa shape index (κ2) is 6.56. The highest BCUT2D eigenvalue weighted by atomic mass is 35.5. The molecule has 0 atom stereocenters. The molecule has 0 bridgehead atoms. The molecule has 0 saturated heterocycles. The number of furan rings is 1. The van der Waals surface area contributed by atoms with Gasteiger partial charge in [-0.1, -0.05) is 11.6 Å². The van der Waals surface area contributed by atoms with Crippen molar-refractivity contribution in [3.05, 3.63) is 58.9 Å². The van der Waals surface area contributed by atoms with E-state index in [1.165, 1.54) is 6.07 Å². The molecule has 8 heteroatoms. The Morgan fingerprint density at radius 3 is 2.78 bits per heavy atom. The first kappa shape index (κ1) is 18.4. The van der Waals surface area contributed by atoms with E-state index in [9.17, 15) is 8.42 Å². The average molecular weight is 423 g/mol. The van der Waals surface area contributed by atoms with E-state index in [-0.39, 0.29) is 22.2 Å². The van der Waals surface area contributed by atoms with E-state index >= 15 is 0 Å². The summed E-state index contributed by atoms with van der Waals surface area (Å²) >= 11 is 6.37. The molecule has 140 valence electrons. The number of hydrogen-bond acceptors (Lipinski definition) is 4. The number of H-pyrrole nitrogens is 1. The first-order valence-corrected chi connectivity index (χ1v) is 10.2. The Morgan fingerprint density at radius 1 is 1.07 bits per heavy atom. The maximum atomic E-state index is 13.2. The lowest BCUT2D eigenvalue weighted by molar-refractivity contribution is 0.500. The Balaban J connectivity index is 0.00000180. The van der Waals surface area contributed by atoms with Crippen LogP contribution in [-0.2, 0) is 22.8 Å². The average Bonchev–Trinajstić information content (AvgIpc) is 3.25. The molecule has 5 nitrogen and oxygen atoms in total. The lowest BCUT2D eigenvalue weighted by Gasteiger charge is -2.11. The van der Waals surface area contributed by atoms with Crippen LogP contribution < -0.4 is 5.32 Å². The van der Waals surface area contributed by atoms with E-state index in [4.69, 9.17) is 16.0 Å². The predicted molar refractivity (Wildman–Crippen MR) is 108 cm³/mol. The summed E-state index contributed by atoms with van der Waals surface area (Å²) in [6.45, 7) is 1.49. The van der Waals surface area contributed by atoms with Crippen LogP contribution in [0, 0.1) is 0 Å². The number of sulfone groups is 1. The van der Waals surface area contributed by atoms with Crippen LogP contribution in [0.2, 0.25) is 5.02 Å². The highest BCUT2D eigenvalue weighted by Crippen LogP contribution is 2.36. The van der Waals surface area contributed by atoms with E-state index in [1.807, 2.05) is 6.07 Å². The Morgan fingerprint density at radius 2 is 1.93 bits per heavy atom. The molecule has 0 aliphatic carbocycles. The molecule has 0 spiro atoms. The van der Waals surface area contributed by atoms with Crippen molar-refractivity contribution in [2.45, 2.75) is 22.8 Å². The lowest BCUT2D eigenvalue weighted by Crippen LogP contribution is -2.22. The minimum Gasteiger partial charge on any atom is -0.459 e. The fourth-order valence-corrected chi connectivity index (χ4v) is 5.20. The van der Waals surface area contributed by atoms with Crippen molar-refractivity contribution in [1.29, 1.82) is 0 Å². The molecule has 0 amide bonds. The summed E-state index contributed by atoms with van der Waals surface area (Å²) in [7, 11) is -3.69. The van der Waals surface area contributed by atoms with Gasteiger partial charge in [0.25, 0.3) is 0 Å². The first-order valence-electron chi connectivity index (χ1n) is 8.31. The third-order valence-corrected chi connectivity index (χ3v) is 6.89. The number of aromatic nitrogens is 1. The van der Waals surface area contributed by atoms with Crippen molar-refractivity contribution in [2.75, 3.05) is 6.54 Å². The smallest absolute Gasteiger partial charge is 0.206 e. The maximum Gasteiger partial charge on any atom is 0.206 e. The summed E-state index contributed by atoms with van der Waals surface area (Å²) in [4.78, 5) is 3.49. The number of aromatic amines is 1. The fraction of sp³-hybridized carbons (Fsp3) is 0.158. The topological polar surface area (TPSA) is 75.1 Å². The van der Waals surface area contributed by atoms with Gasteiger partial charge in [-0.05, 0) is 36.4 Å². The molecule has 0 radical (unpaired) electrons. The number of halogens is 2. The van der Waals surface area contributed by atoms with Crippen LogP contribution in [-0.4, -0.2) is 19.9 Å². The van der Waals surface area contributed by atoms with E-state index in [0.29, 0.717) is 17.2 Å². The van der Waals surface area contributed by atoms with Crippen LogP contribution in [0.25, 0.3) is 21.9 Å². The zero-order valence-electron chi connectivity index (χ0n) is 14.1. The SMILES string of the molecule is Cl.O=S(=O)(c1ccc2[nH]ccc2c1)c1cc(Cl)c2oc3c(c2c1)CNCC3. The summed E-state index contributed by atoms with van der Waals surface area (Å²) in [5.41, 5.74) is 2.44. The minimum atomic E-state index is -3.69. The quantitative estimate of drug-likeness (QED) is 0.499. The summed E-state index contributed by atoms with van der Waals surface area (Å²) in [5.74, 6) is 0.879. The second-order valence-electron chi connectivity index (χ2n) is 6.44. The standard InChI is InChI=1S/C19H15ClN2O3S.ClH/c20-16-9-13(8-14-15-10-21-5-4-18(15)25-19(14)16)26(23,24)12-1-2-17-11(7-12)3-6-22-17;/h1-3,6-9,21-22H,4-5,10H2;1H. The van der Waals surface area contributed by atoms with Gasteiger partial charge in [0.05, 0.1) is 14.8 Å². The predicted octanol–water partition coefficient (Wildman–Crippen LogP) is 4.47. The van der Waals surface area contributed by atoms with Crippen molar-refractivity contribution >= 4 is 55.7 Å². The molecule has 1 aliphatic heterocycles. The van der Waals surface area contributed by atoms with Gasteiger partial charge in [0.1, 0.15) is 5.76 Å². The summed E-state index contributed by atoms with van der Waals surface area (Å²) in [6.07, 6.45) is 2.56. The first-order chi connectivity index (χ1) is 12.5. The Labute approximate surface area is 167 Å². The molecule has 0 saturated carbocycles. The van der Waals surface area contributed by atoms with Gasteiger partial charge in [-0.2, -0.15) is 0 Å². The molecule has 2 aromatic carbocycles. The molecule has 5 rings (SSSR count). The number of benzene rings is 2. The zero-order chi connectivity index (χ0) is 17.9. The number of nitrogens with one attached hydrogen (secondary N) is 2. The molecule has 27 heavy (non-hydrogen) atoms. The van der Waals surface area contributed by atoms with Crippen LogP contribution in [0.15, 0.2) is 56.8 Å². The van der Waals surface area contributed by atoms with Crippen LogP contribution in [0.3, 0.4) is 0 Å². The number of fused-ring (bicyclic) bond motifs is 4. The molecule has 3 heterocycles. The van der Waals surface area contributed by atoms with Crippen molar-refractivity contribution in [3.8, 4) is 0 Å². The van der Waals surface area contributed by atoms with Gasteiger partial charge in [-0.3, -0.25) is 0 Å². The summed E-state index contributed by atoms with van der Waals surface area (Å²) < 4.78 is 32.2. The van der Waals surface area contributed by atoms with E-state index in [0.717, 1.165) is 40.6 Å². The summed E-state index contributed by atoms with van der Waals surface area (Å²) in [6, 6.07) is 10.1. The van der Waals surface area contributed by atoms with Gasteiger partial charge in [0.15, 0.2) is 5.58 Å². The van der Waals surface area contributed by atoms with Crippen molar-refractivity contribution in [3.63, 3.8) is 0 Å². The van der Waals surface area contributed by atoms with E-state index in [1.54, 1.807) is 30.5 Å². The van der Waals surface area contributed by atoms with Gasteiger partial charge in [-0.25, -0.2) is 8.42 Å². The normalized spacial score (nSPS) is 14.3. The molecule has 0 unspecified atom stereocenters. The van der Waals surface area contributed by atoms with E-state index in [2.05, 4.69) is 10.3 Å². The fourth-order valence-electron chi connectivity index (χ4n) is 3.53. The van der Waals surface area contributed by atoms with Gasteiger partial charge >= 0.3 is 0 Å². The molecule has 4 aromatic rings. The Hall–Kier alpha value is -1.99. The van der Waals surface area contributed by atoms with Crippen LogP contribution in [0.5, 0.6) is 0 Å². The van der Waals surface area contributed by atoms with Crippen LogP contribution in [0.1, 0.15) is 11.3 Å². The lowest BCUT2D eigenvalue weighted by atomic mass is 10.1. The summed E-state index contributed by atoms with van der Waals surface area (Å²) in [5, 5.41) is 5.22. The third-order valence-electron chi connectivity index (χ3n) is 4.88. The van der Waals surface area contributed by atoms with Crippen LogP contribution >= 0.6 is 24.0 Å². The van der Waals surface area contributed by atoms with Gasteiger partial charge in [0.2, 0.25) is 9.84 Å². The molecular weight excluding hydrogens is 407 g/mol.